The first-order valence-corrected chi connectivity index (χ1v) is 5.22. The largest absolute Gasteiger partial charge is 0.173 e. The molecular formula is C8H18S2. The third kappa shape index (κ3) is 5.48. The molecule has 0 N–H and O–H groups in total. The monoisotopic (exact) mass is 178 g/mol. The Morgan fingerprint density at radius 1 is 1.20 bits per heavy atom. The maximum atomic E-state index is 4.49. The molecule has 0 radical (unpaired) electrons. The van der Waals surface area contributed by atoms with Crippen LogP contribution in [0.4, 0.5) is 0 Å². The molecule has 0 aliphatic rings. The Labute approximate surface area is 74.6 Å². The van der Waals surface area contributed by atoms with Crippen LogP contribution >= 0.6 is 24.4 Å². The van der Waals surface area contributed by atoms with Crippen molar-refractivity contribution >= 4 is 24.4 Å². The van der Waals surface area contributed by atoms with Gasteiger partial charge in [0, 0.05) is 9.49 Å². The van der Waals surface area contributed by atoms with Crippen molar-refractivity contribution in [2.75, 3.05) is 6.26 Å². The lowest BCUT2D eigenvalue weighted by atomic mass is 9.99. The standard InChI is InChI=1S/C8H18S2/c1-7(2,9)6-8(3,4)10-5/h9H,6H2,1-5H3. The lowest BCUT2D eigenvalue weighted by Crippen LogP contribution is -2.25. The van der Waals surface area contributed by atoms with Gasteiger partial charge < -0.3 is 0 Å². The molecule has 2 heteroatoms. The van der Waals surface area contributed by atoms with Crippen LogP contribution in [0, 0.1) is 0 Å². The van der Waals surface area contributed by atoms with Crippen LogP contribution in [0.25, 0.3) is 0 Å². The highest BCUT2D eigenvalue weighted by atomic mass is 32.2. The van der Waals surface area contributed by atoms with Crippen molar-refractivity contribution in [2.24, 2.45) is 0 Å². The van der Waals surface area contributed by atoms with Gasteiger partial charge in [0.05, 0.1) is 0 Å². The second kappa shape index (κ2) is 3.40. The van der Waals surface area contributed by atoms with Gasteiger partial charge in [0.2, 0.25) is 0 Å². The molecule has 0 unspecified atom stereocenters. The molecule has 0 spiro atoms. The van der Waals surface area contributed by atoms with Gasteiger partial charge in [-0.3, -0.25) is 0 Å². The molecule has 0 saturated carbocycles. The normalized spacial score (nSPS) is 13.8. The lowest BCUT2D eigenvalue weighted by Gasteiger charge is -2.29. The van der Waals surface area contributed by atoms with Gasteiger partial charge in [-0.05, 0) is 12.7 Å². The zero-order chi connectivity index (χ0) is 8.41. The Balaban J connectivity index is 3.89. The Morgan fingerprint density at radius 3 is 1.70 bits per heavy atom. The third-order valence-electron chi connectivity index (χ3n) is 1.41. The Morgan fingerprint density at radius 2 is 1.60 bits per heavy atom. The van der Waals surface area contributed by atoms with E-state index in [2.05, 4.69) is 46.6 Å². The van der Waals surface area contributed by atoms with E-state index in [1.165, 1.54) is 0 Å². The quantitative estimate of drug-likeness (QED) is 0.647. The van der Waals surface area contributed by atoms with E-state index < -0.39 is 0 Å². The van der Waals surface area contributed by atoms with Gasteiger partial charge >= 0.3 is 0 Å². The number of thioether (sulfide) groups is 1. The van der Waals surface area contributed by atoms with Crippen LogP contribution < -0.4 is 0 Å². The fraction of sp³-hybridized carbons (Fsp3) is 1.00. The van der Waals surface area contributed by atoms with E-state index >= 15 is 0 Å². The van der Waals surface area contributed by atoms with Crippen molar-refractivity contribution in [1.82, 2.24) is 0 Å². The Bertz CT molecular complexity index is 100. The minimum absolute atomic E-state index is 0.159. The SMILES string of the molecule is CSC(C)(C)CC(C)(C)S. The molecule has 0 aliphatic heterocycles. The zero-order valence-electron chi connectivity index (χ0n) is 7.56. The minimum Gasteiger partial charge on any atom is -0.173 e. The molecule has 0 aromatic carbocycles. The van der Waals surface area contributed by atoms with E-state index in [9.17, 15) is 0 Å². The number of hydrogen-bond donors (Lipinski definition) is 1. The highest BCUT2D eigenvalue weighted by Gasteiger charge is 2.24. The molecule has 0 aromatic heterocycles. The molecule has 0 aliphatic carbocycles. The molecule has 62 valence electrons. The van der Waals surface area contributed by atoms with E-state index in [4.69, 9.17) is 0 Å². The smallest absolute Gasteiger partial charge is 0.0113 e. The van der Waals surface area contributed by atoms with Crippen LogP contribution in [-0.4, -0.2) is 15.7 Å². The Kier molecular flexibility index (Phi) is 3.64. The second-order valence-electron chi connectivity index (χ2n) is 3.95. The van der Waals surface area contributed by atoms with Crippen molar-refractivity contribution in [3.63, 3.8) is 0 Å². The first-order valence-electron chi connectivity index (χ1n) is 3.54. The Hall–Kier alpha value is 0.700. The molecule has 0 nitrogen and oxygen atoms in total. The van der Waals surface area contributed by atoms with Crippen LogP contribution in [0.5, 0.6) is 0 Å². The summed E-state index contributed by atoms with van der Waals surface area (Å²) >= 11 is 6.39. The molecule has 0 bridgehead atoms. The predicted molar refractivity (Wildman–Crippen MR) is 55.3 cm³/mol. The van der Waals surface area contributed by atoms with Crippen LogP contribution in [0.3, 0.4) is 0 Å². The number of thiol groups is 1. The predicted octanol–water partition coefficient (Wildman–Crippen LogP) is 3.23. The summed E-state index contributed by atoms with van der Waals surface area (Å²) in [6, 6.07) is 0. The maximum Gasteiger partial charge on any atom is 0.0113 e. The summed E-state index contributed by atoms with van der Waals surface area (Å²) in [4.78, 5) is 0. The summed E-state index contributed by atoms with van der Waals surface area (Å²) < 4.78 is 0.526. The van der Waals surface area contributed by atoms with Gasteiger partial charge in [-0.2, -0.15) is 24.4 Å². The summed E-state index contributed by atoms with van der Waals surface area (Å²) in [6.45, 7) is 8.84. The molecule has 0 fully saturated rings. The van der Waals surface area contributed by atoms with Gasteiger partial charge in [-0.25, -0.2) is 0 Å². The minimum atomic E-state index is 0.159. The lowest BCUT2D eigenvalue weighted by molar-refractivity contribution is 0.545. The fourth-order valence-corrected chi connectivity index (χ4v) is 2.12. The van der Waals surface area contributed by atoms with E-state index in [-0.39, 0.29) is 4.75 Å². The first-order chi connectivity index (χ1) is 4.27. The van der Waals surface area contributed by atoms with E-state index in [1.54, 1.807) is 0 Å². The van der Waals surface area contributed by atoms with Crippen molar-refractivity contribution in [1.29, 1.82) is 0 Å². The van der Waals surface area contributed by atoms with Crippen molar-refractivity contribution in [3.05, 3.63) is 0 Å². The third-order valence-corrected chi connectivity index (χ3v) is 2.82. The van der Waals surface area contributed by atoms with Crippen molar-refractivity contribution < 1.29 is 0 Å². The molecule has 0 aromatic rings. The number of hydrogen-bond acceptors (Lipinski definition) is 2. The number of rotatable bonds is 3. The zero-order valence-corrected chi connectivity index (χ0v) is 9.27. The first kappa shape index (κ1) is 10.7. The van der Waals surface area contributed by atoms with Gasteiger partial charge in [0.1, 0.15) is 0 Å². The van der Waals surface area contributed by atoms with E-state index in [0.717, 1.165) is 6.42 Å². The summed E-state index contributed by atoms with van der Waals surface area (Å²) in [5, 5.41) is 0. The van der Waals surface area contributed by atoms with Crippen LogP contribution in [-0.2, 0) is 0 Å². The van der Waals surface area contributed by atoms with Crippen LogP contribution in [0.15, 0.2) is 0 Å². The van der Waals surface area contributed by atoms with Gasteiger partial charge in [0.15, 0.2) is 0 Å². The van der Waals surface area contributed by atoms with Crippen molar-refractivity contribution in [2.45, 2.75) is 43.6 Å². The second-order valence-corrected chi connectivity index (χ2v) is 6.68. The van der Waals surface area contributed by atoms with Crippen molar-refractivity contribution in [3.8, 4) is 0 Å². The molecular weight excluding hydrogens is 160 g/mol. The average Bonchev–Trinajstić information content (AvgIpc) is 1.60. The van der Waals surface area contributed by atoms with Gasteiger partial charge in [0.25, 0.3) is 0 Å². The summed E-state index contributed by atoms with van der Waals surface area (Å²) in [5.74, 6) is 0. The fourth-order valence-electron chi connectivity index (χ4n) is 1.11. The highest BCUT2D eigenvalue weighted by Crippen LogP contribution is 2.33. The van der Waals surface area contributed by atoms with E-state index in [0.29, 0.717) is 4.75 Å². The van der Waals surface area contributed by atoms with Gasteiger partial charge in [-0.15, -0.1) is 0 Å². The molecule has 0 rings (SSSR count). The molecule has 0 heterocycles. The maximum absolute atomic E-state index is 4.49. The molecule has 0 saturated heterocycles. The average molecular weight is 178 g/mol. The summed E-state index contributed by atoms with van der Waals surface area (Å²) in [7, 11) is 0. The molecule has 0 amide bonds. The summed E-state index contributed by atoms with van der Waals surface area (Å²) in [5.41, 5.74) is 0. The molecule has 0 atom stereocenters. The van der Waals surface area contributed by atoms with Crippen LogP contribution in [0.1, 0.15) is 34.1 Å². The van der Waals surface area contributed by atoms with E-state index in [1.807, 2.05) is 11.8 Å². The van der Waals surface area contributed by atoms with Crippen LogP contribution in [0.2, 0.25) is 0 Å². The van der Waals surface area contributed by atoms with Gasteiger partial charge in [-0.1, -0.05) is 27.7 Å². The molecule has 10 heavy (non-hydrogen) atoms. The highest BCUT2D eigenvalue weighted by molar-refractivity contribution is 7.99. The topological polar surface area (TPSA) is 0 Å². The summed E-state index contributed by atoms with van der Waals surface area (Å²) in [6.07, 6.45) is 3.30.